The molecule has 140 valence electrons. The lowest BCUT2D eigenvalue weighted by atomic mass is 10.1. The van der Waals surface area contributed by atoms with Gasteiger partial charge in [0.05, 0.1) is 18.6 Å². The van der Waals surface area contributed by atoms with E-state index in [2.05, 4.69) is 45.6 Å². The van der Waals surface area contributed by atoms with Crippen LogP contribution in [0.1, 0.15) is 16.8 Å². The van der Waals surface area contributed by atoms with Crippen molar-refractivity contribution in [2.24, 2.45) is 5.92 Å². The van der Waals surface area contributed by atoms with Crippen molar-refractivity contribution in [1.82, 2.24) is 19.4 Å². The molecule has 6 heteroatoms. The Labute approximate surface area is 155 Å². The number of benzene rings is 1. The van der Waals surface area contributed by atoms with Crippen LogP contribution in [0.2, 0.25) is 0 Å². The Morgan fingerprint density at radius 1 is 1.35 bits per heavy atom. The zero-order valence-corrected chi connectivity index (χ0v) is 15.9. The Kier molecular flexibility index (Phi) is 6.06. The van der Waals surface area contributed by atoms with Crippen LogP contribution in [-0.4, -0.2) is 59.1 Å². The number of imidazole rings is 1. The van der Waals surface area contributed by atoms with Gasteiger partial charge in [0.2, 0.25) is 5.91 Å². The van der Waals surface area contributed by atoms with Crippen LogP contribution < -0.4 is 0 Å². The number of rotatable bonds is 6. The van der Waals surface area contributed by atoms with E-state index < -0.39 is 0 Å². The lowest BCUT2D eigenvalue weighted by molar-refractivity contribution is -0.134. The Morgan fingerprint density at radius 3 is 2.96 bits per heavy atom. The number of ether oxygens (including phenoxy) is 1. The van der Waals surface area contributed by atoms with Crippen molar-refractivity contribution >= 4 is 5.91 Å². The second kappa shape index (κ2) is 8.47. The molecule has 0 radical (unpaired) electrons. The summed E-state index contributed by atoms with van der Waals surface area (Å²) in [5, 5.41) is 0. The van der Waals surface area contributed by atoms with Crippen molar-refractivity contribution in [2.75, 3.05) is 33.9 Å². The van der Waals surface area contributed by atoms with E-state index in [-0.39, 0.29) is 12.5 Å². The molecule has 2 aromatic rings. The topological polar surface area (TPSA) is 50.6 Å². The molecule has 1 unspecified atom stereocenters. The Morgan fingerprint density at radius 2 is 2.19 bits per heavy atom. The van der Waals surface area contributed by atoms with Gasteiger partial charge in [-0.25, -0.2) is 4.98 Å². The zero-order chi connectivity index (χ0) is 18.5. The first kappa shape index (κ1) is 18.6. The van der Waals surface area contributed by atoms with Gasteiger partial charge in [-0.1, -0.05) is 29.8 Å². The van der Waals surface area contributed by atoms with Crippen LogP contribution in [0.4, 0.5) is 0 Å². The van der Waals surface area contributed by atoms with E-state index in [1.165, 1.54) is 16.8 Å². The average Bonchev–Trinajstić information content (AvgIpc) is 2.94. The molecule has 3 rings (SSSR count). The highest BCUT2D eigenvalue weighted by atomic mass is 16.5. The SMILES string of the molecule is Cc1cccc(CN2Cc3cncn3CC(COCC(=O)N(C)C)C2)c1. The fourth-order valence-electron chi connectivity index (χ4n) is 3.38. The normalized spacial score (nSPS) is 17.6. The van der Waals surface area contributed by atoms with Crippen LogP contribution in [-0.2, 0) is 29.2 Å². The van der Waals surface area contributed by atoms with Gasteiger partial charge in [-0.3, -0.25) is 9.69 Å². The molecule has 1 atom stereocenters. The molecule has 0 bridgehead atoms. The van der Waals surface area contributed by atoms with Crippen molar-refractivity contribution in [3.63, 3.8) is 0 Å². The number of nitrogens with zero attached hydrogens (tertiary/aromatic N) is 4. The van der Waals surface area contributed by atoms with Gasteiger partial charge in [0.15, 0.2) is 0 Å². The summed E-state index contributed by atoms with van der Waals surface area (Å²) in [6, 6.07) is 8.65. The molecule has 0 N–H and O–H groups in total. The fraction of sp³-hybridized carbons (Fsp3) is 0.500. The quantitative estimate of drug-likeness (QED) is 0.794. The minimum absolute atomic E-state index is 0.00133. The van der Waals surface area contributed by atoms with Gasteiger partial charge in [0.1, 0.15) is 6.61 Å². The van der Waals surface area contributed by atoms with Gasteiger partial charge in [-0.2, -0.15) is 0 Å². The van der Waals surface area contributed by atoms with E-state index in [9.17, 15) is 4.79 Å². The van der Waals surface area contributed by atoms with Crippen molar-refractivity contribution in [3.05, 3.63) is 53.6 Å². The molecular formula is C20H28N4O2. The summed E-state index contributed by atoms with van der Waals surface area (Å²) in [4.78, 5) is 20.0. The minimum atomic E-state index is -0.00133. The number of carbonyl (C=O) groups excluding carboxylic acids is 1. The fourth-order valence-corrected chi connectivity index (χ4v) is 3.38. The third kappa shape index (κ3) is 4.93. The molecule has 0 aliphatic carbocycles. The van der Waals surface area contributed by atoms with E-state index in [0.717, 1.165) is 26.2 Å². The second-order valence-electron chi connectivity index (χ2n) is 7.37. The third-order valence-corrected chi connectivity index (χ3v) is 4.72. The Balaban J connectivity index is 1.65. The number of aromatic nitrogens is 2. The molecule has 1 aliphatic heterocycles. The van der Waals surface area contributed by atoms with Gasteiger partial charge in [0, 0.05) is 52.4 Å². The maximum Gasteiger partial charge on any atom is 0.248 e. The minimum Gasteiger partial charge on any atom is -0.371 e. The zero-order valence-electron chi connectivity index (χ0n) is 15.9. The first-order chi connectivity index (χ1) is 12.5. The van der Waals surface area contributed by atoms with Gasteiger partial charge in [0.25, 0.3) is 0 Å². The van der Waals surface area contributed by atoms with Crippen LogP contribution in [0.5, 0.6) is 0 Å². The van der Waals surface area contributed by atoms with Crippen molar-refractivity contribution in [3.8, 4) is 0 Å². The van der Waals surface area contributed by atoms with Crippen molar-refractivity contribution < 1.29 is 9.53 Å². The first-order valence-corrected chi connectivity index (χ1v) is 9.06. The van der Waals surface area contributed by atoms with Crippen LogP contribution in [0, 0.1) is 12.8 Å². The van der Waals surface area contributed by atoms with E-state index in [1.54, 1.807) is 19.0 Å². The highest BCUT2D eigenvalue weighted by Crippen LogP contribution is 2.19. The van der Waals surface area contributed by atoms with Gasteiger partial charge in [-0.15, -0.1) is 0 Å². The van der Waals surface area contributed by atoms with E-state index >= 15 is 0 Å². The number of aryl methyl sites for hydroxylation is 1. The van der Waals surface area contributed by atoms with Crippen LogP contribution >= 0.6 is 0 Å². The summed E-state index contributed by atoms with van der Waals surface area (Å²) in [6.45, 7) is 6.42. The molecule has 0 saturated carbocycles. The van der Waals surface area contributed by atoms with E-state index in [0.29, 0.717) is 12.5 Å². The molecule has 1 aromatic carbocycles. The van der Waals surface area contributed by atoms with Crippen LogP contribution in [0.15, 0.2) is 36.8 Å². The molecule has 1 aromatic heterocycles. The predicted octanol–water partition coefficient (Wildman–Crippen LogP) is 1.93. The van der Waals surface area contributed by atoms with Gasteiger partial charge >= 0.3 is 0 Å². The molecule has 0 fully saturated rings. The van der Waals surface area contributed by atoms with Crippen LogP contribution in [0.3, 0.4) is 0 Å². The molecule has 2 heterocycles. The molecule has 6 nitrogen and oxygen atoms in total. The summed E-state index contributed by atoms with van der Waals surface area (Å²) in [5.74, 6) is 0.323. The summed E-state index contributed by atoms with van der Waals surface area (Å²) in [6.07, 6.45) is 3.84. The molecule has 26 heavy (non-hydrogen) atoms. The van der Waals surface area contributed by atoms with Crippen LogP contribution in [0.25, 0.3) is 0 Å². The number of fused-ring (bicyclic) bond motifs is 1. The highest BCUT2D eigenvalue weighted by molar-refractivity contribution is 5.76. The second-order valence-corrected chi connectivity index (χ2v) is 7.37. The molecule has 1 amide bonds. The van der Waals surface area contributed by atoms with E-state index in [1.807, 2.05) is 12.5 Å². The average molecular weight is 356 g/mol. The third-order valence-electron chi connectivity index (χ3n) is 4.72. The lowest BCUT2D eigenvalue weighted by Crippen LogP contribution is -2.32. The monoisotopic (exact) mass is 356 g/mol. The maximum absolute atomic E-state index is 11.7. The Bertz CT molecular complexity index is 741. The number of hydrogen-bond acceptors (Lipinski definition) is 4. The summed E-state index contributed by atoms with van der Waals surface area (Å²) in [7, 11) is 3.50. The van der Waals surface area contributed by atoms with Gasteiger partial charge < -0.3 is 14.2 Å². The summed E-state index contributed by atoms with van der Waals surface area (Å²) < 4.78 is 7.92. The summed E-state index contributed by atoms with van der Waals surface area (Å²) in [5.41, 5.74) is 3.83. The molecule has 1 aliphatic rings. The first-order valence-electron chi connectivity index (χ1n) is 9.06. The predicted molar refractivity (Wildman–Crippen MR) is 101 cm³/mol. The smallest absolute Gasteiger partial charge is 0.248 e. The highest BCUT2D eigenvalue weighted by Gasteiger charge is 2.22. The lowest BCUT2D eigenvalue weighted by Gasteiger charge is -2.24. The number of carbonyl (C=O) groups is 1. The van der Waals surface area contributed by atoms with Crippen molar-refractivity contribution in [2.45, 2.75) is 26.6 Å². The van der Waals surface area contributed by atoms with Crippen molar-refractivity contribution in [1.29, 1.82) is 0 Å². The number of amides is 1. The van der Waals surface area contributed by atoms with E-state index in [4.69, 9.17) is 4.74 Å². The standard InChI is InChI=1S/C20H28N4O2/c1-16-5-4-6-17(7-16)9-23-10-18(13-26-14-20(25)22(2)3)11-24-15-21-8-19(24)12-23/h4-8,15,18H,9-14H2,1-3H3. The summed E-state index contributed by atoms with van der Waals surface area (Å²) >= 11 is 0. The molecule has 0 spiro atoms. The maximum atomic E-state index is 11.7. The van der Waals surface area contributed by atoms with Gasteiger partial charge in [-0.05, 0) is 12.5 Å². The Hall–Kier alpha value is -2.18. The molecular weight excluding hydrogens is 328 g/mol. The number of likely N-dealkylation sites (N-methyl/N-ethyl adjacent to an activating group) is 1. The number of hydrogen-bond donors (Lipinski definition) is 0. The molecule has 0 saturated heterocycles. The largest absolute Gasteiger partial charge is 0.371 e.